The Bertz CT molecular complexity index is 569. The molecule has 4 aliphatic rings. The van der Waals surface area contributed by atoms with E-state index >= 15 is 0 Å². The highest BCUT2D eigenvalue weighted by Gasteiger charge is 2.52. The number of hydrogen-bond donors (Lipinski definition) is 2. The van der Waals surface area contributed by atoms with Crippen molar-refractivity contribution in [3.63, 3.8) is 0 Å². The van der Waals surface area contributed by atoms with E-state index in [1.165, 1.54) is 11.3 Å². The van der Waals surface area contributed by atoms with E-state index in [1.54, 1.807) is 0 Å². The van der Waals surface area contributed by atoms with Gasteiger partial charge in [-0.1, -0.05) is 12.8 Å². The van der Waals surface area contributed by atoms with Gasteiger partial charge >= 0.3 is 6.03 Å². The van der Waals surface area contributed by atoms with E-state index in [-0.39, 0.29) is 30.8 Å². The highest BCUT2D eigenvalue weighted by atomic mass is 16.2. The van der Waals surface area contributed by atoms with Crippen molar-refractivity contribution < 1.29 is 14.4 Å². The molecular formula is C18H28N4O3. The summed E-state index contributed by atoms with van der Waals surface area (Å²) < 4.78 is 0. The molecule has 7 nitrogen and oxygen atoms in total. The van der Waals surface area contributed by atoms with Crippen molar-refractivity contribution in [2.75, 3.05) is 32.7 Å². The van der Waals surface area contributed by atoms with Gasteiger partial charge in [0.2, 0.25) is 5.91 Å². The van der Waals surface area contributed by atoms with Gasteiger partial charge in [-0.15, -0.1) is 0 Å². The third kappa shape index (κ3) is 2.92. The molecule has 4 rings (SSSR count). The van der Waals surface area contributed by atoms with Crippen molar-refractivity contribution in [1.29, 1.82) is 0 Å². The zero-order valence-corrected chi connectivity index (χ0v) is 14.8. The molecule has 1 saturated carbocycles. The molecule has 0 unspecified atom stereocenters. The molecule has 2 spiro atoms. The first-order valence-corrected chi connectivity index (χ1v) is 9.66. The minimum absolute atomic E-state index is 0.0637. The average Bonchev–Trinajstić information content (AvgIpc) is 3.30. The maximum atomic E-state index is 12.6. The number of piperidine rings is 1. The summed E-state index contributed by atoms with van der Waals surface area (Å²) in [5, 5.41) is 6.30. The van der Waals surface area contributed by atoms with Gasteiger partial charge < -0.3 is 15.5 Å². The van der Waals surface area contributed by atoms with Crippen LogP contribution in [0.2, 0.25) is 0 Å². The molecule has 4 amide bonds. The molecule has 2 N–H and O–H groups in total. The minimum atomic E-state index is -0.674. The van der Waals surface area contributed by atoms with Crippen molar-refractivity contribution >= 4 is 17.8 Å². The largest absolute Gasteiger partial charge is 0.343 e. The number of hydrogen-bond acceptors (Lipinski definition) is 4. The highest BCUT2D eigenvalue weighted by Crippen LogP contribution is 2.37. The lowest BCUT2D eigenvalue weighted by Crippen LogP contribution is -2.45. The second-order valence-electron chi connectivity index (χ2n) is 8.23. The van der Waals surface area contributed by atoms with Gasteiger partial charge in [0.1, 0.15) is 5.54 Å². The van der Waals surface area contributed by atoms with E-state index in [2.05, 4.69) is 10.6 Å². The maximum Gasteiger partial charge on any atom is 0.325 e. The summed E-state index contributed by atoms with van der Waals surface area (Å²) >= 11 is 0. The fraction of sp³-hybridized carbons (Fsp3) is 0.833. The summed E-state index contributed by atoms with van der Waals surface area (Å²) in [5.41, 5.74) is -0.288. The molecule has 3 aliphatic heterocycles. The lowest BCUT2D eigenvalue weighted by molar-refractivity contribution is -0.135. The molecule has 0 aromatic rings. The summed E-state index contributed by atoms with van der Waals surface area (Å²) in [6.45, 7) is 3.95. The zero-order chi connectivity index (χ0) is 17.5. The van der Waals surface area contributed by atoms with E-state index in [0.717, 1.165) is 64.7 Å². The normalized spacial score (nSPS) is 27.5. The SMILES string of the molecule is O=C(CCN1C(=O)NC2(CCCC2)C1=O)N1CCC2(CCNC2)CC1. The Morgan fingerprint density at radius 2 is 1.76 bits per heavy atom. The first-order valence-electron chi connectivity index (χ1n) is 9.66. The molecule has 3 heterocycles. The van der Waals surface area contributed by atoms with Gasteiger partial charge in [-0.05, 0) is 44.1 Å². The fourth-order valence-electron chi connectivity index (χ4n) is 5.02. The van der Waals surface area contributed by atoms with E-state index < -0.39 is 5.54 Å². The zero-order valence-electron chi connectivity index (χ0n) is 14.8. The molecule has 25 heavy (non-hydrogen) atoms. The quantitative estimate of drug-likeness (QED) is 0.741. The first-order chi connectivity index (χ1) is 12.0. The molecule has 3 saturated heterocycles. The number of amides is 4. The maximum absolute atomic E-state index is 12.6. The summed E-state index contributed by atoms with van der Waals surface area (Å²) in [4.78, 5) is 40.5. The summed E-state index contributed by atoms with van der Waals surface area (Å²) in [6, 6.07) is -0.325. The van der Waals surface area contributed by atoms with Crippen molar-refractivity contribution in [3.8, 4) is 0 Å². The third-order valence-electron chi connectivity index (χ3n) is 6.76. The van der Waals surface area contributed by atoms with E-state index in [9.17, 15) is 14.4 Å². The number of likely N-dealkylation sites (tertiary alicyclic amines) is 1. The molecule has 138 valence electrons. The van der Waals surface area contributed by atoms with Gasteiger partial charge in [0.25, 0.3) is 5.91 Å². The molecular weight excluding hydrogens is 320 g/mol. The average molecular weight is 348 g/mol. The van der Waals surface area contributed by atoms with Crippen LogP contribution < -0.4 is 10.6 Å². The molecule has 0 aromatic heterocycles. The lowest BCUT2D eigenvalue weighted by Gasteiger charge is -2.39. The first kappa shape index (κ1) is 16.8. The number of imide groups is 1. The topological polar surface area (TPSA) is 81.8 Å². The van der Waals surface area contributed by atoms with Crippen LogP contribution in [0.15, 0.2) is 0 Å². The van der Waals surface area contributed by atoms with Crippen molar-refractivity contribution in [3.05, 3.63) is 0 Å². The molecule has 7 heteroatoms. The van der Waals surface area contributed by atoms with E-state index in [0.29, 0.717) is 5.41 Å². The summed E-state index contributed by atoms with van der Waals surface area (Å²) in [6.07, 6.45) is 6.96. The van der Waals surface area contributed by atoms with Crippen LogP contribution in [0.3, 0.4) is 0 Å². The van der Waals surface area contributed by atoms with Gasteiger partial charge in [0, 0.05) is 32.6 Å². The molecule has 0 bridgehead atoms. The highest BCUT2D eigenvalue weighted by molar-refractivity contribution is 6.07. The molecule has 0 aromatic carbocycles. The minimum Gasteiger partial charge on any atom is -0.343 e. The number of rotatable bonds is 3. The Hall–Kier alpha value is -1.63. The van der Waals surface area contributed by atoms with Crippen LogP contribution in [0.5, 0.6) is 0 Å². The van der Waals surface area contributed by atoms with Crippen LogP contribution in [0.25, 0.3) is 0 Å². The van der Waals surface area contributed by atoms with Gasteiger partial charge in [-0.25, -0.2) is 4.79 Å². The smallest absolute Gasteiger partial charge is 0.325 e. The van der Waals surface area contributed by atoms with Crippen LogP contribution in [0.4, 0.5) is 4.79 Å². The number of carbonyl (C=O) groups excluding carboxylic acids is 3. The Kier molecular flexibility index (Phi) is 4.22. The molecule has 1 aliphatic carbocycles. The van der Waals surface area contributed by atoms with Crippen LogP contribution >= 0.6 is 0 Å². The predicted molar refractivity (Wildman–Crippen MR) is 91.8 cm³/mol. The van der Waals surface area contributed by atoms with Crippen LogP contribution in [0, 0.1) is 5.41 Å². The second kappa shape index (κ2) is 6.27. The second-order valence-corrected chi connectivity index (χ2v) is 8.23. The molecule has 0 atom stereocenters. The van der Waals surface area contributed by atoms with E-state index in [1.807, 2.05) is 4.90 Å². The van der Waals surface area contributed by atoms with Gasteiger partial charge in [-0.2, -0.15) is 0 Å². The number of nitrogens with zero attached hydrogens (tertiary/aromatic N) is 2. The Morgan fingerprint density at radius 3 is 2.40 bits per heavy atom. The summed E-state index contributed by atoms with van der Waals surface area (Å²) in [7, 11) is 0. The third-order valence-corrected chi connectivity index (χ3v) is 6.76. The molecule has 4 fully saturated rings. The standard InChI is InChI=1S/C18H28N4O3/c23-14(21-11-7-17(8-12-21)6-9-19-13-17)3-10-22-15(24)18(20-16(22)25)4-1-2-5-18/h19H,1-13H2,(H,20,25). The summed E-state index contributed by atoms with van der Waals surface area (Å²) in [5.74, 6) is -0.0637. The number of urea groups is 1. The Balaban J connectivity index is 1.29. The van der Waals surface area contributed by atoms with Gasteiger partial charge in [0.15, 0.2) is 0 Å². The fourth-order valence-corrected chi connectivity index (χ4v) is 5.02. The van der Waals surface area contributed by atoms with Crippen LogP contribution in [-0.2, 0) is 9.59 Å². The van der Waals surface area contributed by atoms with Crippen molar-refractivity contribution in [2.24, 2.45) is 5.41 Å². The Labute approximate surface area is 148 Å². The lowest BCUT2D eigenvalue weighted by atomic mass is 9.78. The van der Waals surface area contributed by atoms with E-state index in [4.69, 9.17) is 0 Å². The molecule has 0 radical (unpaired) electrons. The van der Waals surface area contributed by atoms with Gasteiger partial charge in [-0.3, -0.25) is 14.5 Å². The number of carbonyl (C=O) groups is 3. The Morgan fingerprint density at radius 1 is 1.04 bits per heavy atom. The van der Waals surface area contributed by atoms with Crippen molar-refractivity contribution in [1.82, 2.24) is 20.4 Å². The number of nitrogens with one attached hydrogen (secondary N) is 2. The van der Waals surface area contributed by atoms with Crippen LogP contribution in [-0.4, -0.2) is 65.9 Å². The van der Waals surface area contributed by atoms with Gasteiger partial charge in [0.05, 0.1) is 0 Å². The predicted octanol–water partition coefficient (Wildman–Crippen LogP) is 0.843. The van der Waals surface area contributed by atoms with Crippen molar-refractivity contribution in [2.45, 2.75) is 56.9 Å². The monoisotopic (exact) mass is 348 g/mol. The van der Waals surface area contributed by atoms with Crippen LogP contribution in [0.1, 0.15) is 51.4 Å².